The molecule has 1 aliphatic heterocycles. The van der Waals surface area contributed by atoms with Crippen LogP contribution in [0.4, 0.5) is 0 Å². The Morgan fingerprint density at radius 2 is 1.81 bits per heavy atom. The Morgan fingerprint density at radius 1 is 1.11 bits per heavy atom. The van der Waals surface area contributed by atoms with Gasteiger partial charge in [0.1, 0.15) is 0 Å². The van der Waals surface area contributed by atoms with Crippen LogP contribution in [0.3, 0.4) is 0 Å². The molecule has 0 radical (unpaired) electrons. The van der Waals surface area contributed by atoms with Crippen molar-refractivity contribution < 1.29 is 9.59 Å². The molecule has 0 aliphatic carbocycles. The number of fused-ring (bicyclic) bond motifs is 1. The number of nitrogens with zero attached hydrogens (tertiary/aromatic N) is 2. The summed E-state index contributed by atoms with van der Waals surface area (Å²) < 4.78 is 0. The minimum Gasteiger partial charge on any atom is -0.339 e. The van der Waals surface area contributed by atoms with Crippen LogP contribution in [-0.4, -0.2) is 28.2 Å². The molecule has 1 aliphatic rings. The predicted octanol–water partition coefficient (Wildman–Crippen LogP) is 4.65. The fraction of sp³-hybridized carbons (Fsp3) is 0.273. The van der Waals surface area contributed by atoms with E-state index >= 15 is 0 Å². The molecule has 0 saturated carbocycles. The van der Waals surface area contributed by atoms with Gasteiger partial charge in [0.25, 0.3) is 0 Å². The van der Waals surface area contributed by atoms with Crippen LogP contribution in [-0.2, 0) is 16.1 Å². The third-order valence-corrected chi connectivity index (χ3v) is 5.26. The minimum absolute atomic E-state index is 0.00114. The molecule has 0 saturated heterocycles. The summed E-state index contributed by atoms with van der Waals surface area (Å²) in [5.41, 5.74) is 2.96. The smallest absolute Gasteiger partial charge is 0.225 e. The third kappa shape index (κ3) is 4.22. The lowest BCUT2D eigenvalue weighted by molar-refractivity contribution is -0.135. The first-order chi connectivity index (χ1) is 13.0. The molecule has 140 valence electrons. The summed E-state index contributed by atoms with van der Waals surface area (Å²) in [5.74, 6) is -0.0773. The molecule has 1 unspecified atom stereocenters. The Bertz CT molecular complexity index is 878. The highest BCUT2D eigenvalue weighted by Crippen LogP contribution is 2.33. The van der Waals surface area contributed by atoms with Gasteiger partial charge in [-0.1, -0.05) is 54.1 Å². The lowest BCUT2D eigenvalue weighted by Gasteiger charge is -2.34. The zero-order valence-corrected chi connectivity index (χ0v) is 16.3. The zero-order valence-electron chi connectivity index (χ0n) is 15.6. The molecule has 4 nitrogen and oxygen atoms in total. The summed E-state index contributed by atoms with van der Waals surface area (Å²) in [5, 5.41) is 0.653. The molecule has 0 bridgehead atoms. The van der Waals surface area contributed by atoms with Gasteiger partial charge < -0.3 is 9.80 Å². The average Bonchev–Trinajstić information content (AvgIpc) is 2.67. The molecule has 1 heterocycles. The van der Waals surface area contributed by atoms with Crippen molar-refractivity contribution in [3.05, 3.63) is 76.4 Å². The van der Waals surface area contributed by atoms with Gasteiger partial charge in [-0.3, -0.25) is 9.59 Å². The quantitative estimate of drug-likeness (QED) is 0.755. The van der Waals surface area contributed by atoms with Gasteiger partial charge >= 0.3 is 0 Å². The first-order valence-electron chi connectivity index (χ1n) is 9.08. The van der Waals surface area contributed by atoms with Crippen molar-refractivity contribution in [1.82, 2.24) is 9.80 Å². The maximum Gasteiger partial charge on any atom is 0.225 e. The summed E-state index contributed by atoms with van der Waals surface area (Å²) in [6.07, 6.45) is 3.92. The zero-order chi connectivity index (χ0) is 19.4. The first-order valence-corrected chi connectivity index (χ1v) is 9.46. The van der Waals surface area contributed by atoms with Crippen molar-refractivity contribution in [3.63, 3.8) is 0 Å². The van der Waals surface area contributed by atoms with E-state index in [-0.39, 0.29) is 24.3 Å². The van der Waals surface area contributed by atoms with Crippen molar-refractivity contribution in [2.24, 2.45) is 0 Å². The molecule has 2 aromatic carbocycles. The van der Waals surface area contributed by atoms with Crippen LogP contribution in [0.1, 0.15) is 43.0 Å². The molecule has 2 aromatic rings. The van der Waals surface area contributed by atoms with E-state index in [1.54, 1.807) is 16.0 Å². The number of carbonyl (C=O) groups is 2. The standard InChI is InChI=1S/C22H23ClN2O2/c1-3-24(15-18-9-5-7-11-20(18)23)22(27)14-21-19-10-6-4-8-17(19)12-13-25(21)16(2)26/h4-13,21H,3,14-15H2,1-2H3. The van der Waals surface area contributed by atoms with Gasteiger partial charge in [-0.2, -0.15) is 0 Å². The van der Waals surface area contributed by atoms with Crippen LogP contribution in [0, 0.1) is 0 Å². The summed E-state index contributed by atoms with van der Waals surface area (Å²) in [7, 11) is 0. The number of amides is 2. The molecule has 0 N–H and O–H groups in total. The second-order valence-corrected chi connectivity index (χ2v) is 7.00. The lowest BCUT2D eigenvalue weighted by atomic mass is 9.93. The van der Waals surface area contributed by atoms with Crippen LogP contribution < -0.4 is 0 Å². The Kier molecular flexibility index (Phi) is 5.97. The maximum atomic E-state index is 13.1. The Hall–Kier alpha value is -2.59. The van der Waals surface area contributed by atoms with E-state index < -0.39 is 0 Å². The number of benzene rings is 2. The van der Waals surface area contributed by atoms with E-state index in [1.807, 2.05) is 61.5 Å². The number of halogens is 1. The van der Waals surface area contributed by atoms with E-state index in [9.17, 15) is 9.59 Å². The van der Waals surface area contributed by atoms with Gasteiger partial charge in [0.15, 0.2) is 0 Å². The van der Waals surface area contributed by atoms with E-state index in [0.29, 0.717) is 18.1 Å². The number of hydrogen-bond acceptors (Lipinski definition) is 2. The van der Waals surface area contributed by atoms with Crippen LogP contribution >= 0.6 is 11.6 Å². The first kappa shape index (κ1) is 19.2. The van der Waals surface area contributed by atoms with E-state index in [0.717, 1.165) is 16.7 Å². The second kappa shape index (κ2) is 8.40. The number of rotatable bonds is 5. The molecule has 5 heteroatoms. The highest BCUT2D eigenvalue weighted by atomic mass is 35.5. The topological polar surface area (TPSA) is 40.6 Å². The van der Waals surface area contributed by atoms with Crippen LogP contribution in [0.2, 0.25) is 5.02 Å². The number of hydrogen-bond donors (Lipinski definition) is 0. The van der Waals surface area contributed by atoms with E-state index in [4.69, 9.17) is 11.6 Å². The summed E-state index contributed by atoms with van der Waals surface area (Å²) in [6.45, 7) is 4.51. The van der Waals surface area contributed by atoms with Gasteiger partial charge in [0, 0.05) is 31.2 Å². The van der Waals surface area contributed by atoms with Crippen LogP contribution in [0.25, 0.3) is 6.08 Å². The molecular formula is C22H23ClN2O2. The molecule has 2 amide bonds. The maximum absolute atomic E-state index is 13.1. The van der Waals surface area contributed by atoms with E-state index in [1.165, 1.54) is 6.92 Å². The van der Waals surface area contributed by atoms with Gasteiger partial charge in [-0.15, -0.1) is 0 Å². The largest absolute Gasteiger partial charge is 0.339 e. The van der Waals surface area contributed by atoms with Crippen molar-refractivity contribution in [2.75, 3.05) is 6.54 Å². The van der Waals surface area contributed by atoms with Crippen LogP contribution in [0.15, 0.2) is 54.7 Å². The molecule has 3 rings (SSSR count). The molecule has 0 fully saturated rings. The summed E-state index contributed by atoms with van der Waals surface area (Å²) >= 11 is 6.25. The summed E-state index contributed by atoms with van der Waals surface area (Å²) in [6, 6.07) is 15.1. The molecule has 0 spiro atoms. The second-order valence-electron chi connectivity index (χ2n) is 6.59. The van der Waals surface area contributed by atoms with Crippen molar-refractivity contribution in [1.29, 1.82) is 0 Å². The molecular weight excluding hydrogens is 360 g/mol. The average molecular weight is 383 g/mol. The van der Waals surface area contributed by atoms with Crippen molar-refractivity contribution in [3.8, 4) is 0 Å². The molecule has 1 atom stereocenters. The Morgan fingerprint density at radius 3 is 2.52 bits per heavy atom. The van der Waals surface area contributed by atoms with Crippen LogP contribution in [0.5, 0.6) is 0 Å². The van der Waals surface area contributed by atoms with Gasteiger partial charge in [0.05, 0.1) is 12.5 Å². The SMILES string of the molecule is CCN(Cc1ccccc1Cl)C(=O)CC1c2ccccc2C=CN1C(C)=O. The Balaban J connectivity index is 1.82. The number of carbonyl (C=O) groups excluding carboxylic acids is 2. The fourth-order valence-corrected chi connectivity index (χ4v) is 3.61. The fourth-order valence-electron chi connectivity index (χ4n) is 3.42. The monoisotopic (exact) mass is 382 g/mol. The van der Waals surface area contributed by atoms with Crippen molar-refractivity contribution >= 4 is 29.5 Å². The predicted molar refractivity (Wildman–Crippen MR) is 108 cm³/mol. The van der Waals surface area contributed by atoms with Crippen molar-refractivity contribution in [2.45, 2.75) is 32.9 Å². The van der Waals surface area contributed by atoms with Gasteiger partial charge in [-0.25, -0.2) is 0 Å². The van der Waals surface area contributed by atoms with Gasteiger partial charge in [0.2, 0.25) is 11.8 Å². The third-order valence-electron chi connectivity index (χ3n) is 4.89. The highest BCUT2D eigenvalue weighted by molar-refractivity contribution is 6.31. The molecule has 0 aromatic heterocycles. The minimum atomic E-state index is -0.295. The molecule has 27 heavy (non-hydrogen) atoms. The van der Waals surface area contributed by atoms with E-state index in [2.05, 4.69) is 0 Å². The summed E-state index contributed by atoms with van der Waals surface area (Å²) in [4.78, 5) is 28.6. The highest BCUT2D eigenvalue weighted by Gasteiger charge is 2.29. The Labute approximate surface area is 165 Å². The lowest BCUT2D eigenvalue weighted by Crippen LogP contribution is -2.37. The van der Waals surface area contributed by atoms with Gasteiger partial charge in [-0.05, 0) is 35.8 Å². The normalized spacial score (nSPS) is 15.4.